The van der Waals surface area contributed by atoms with Gasteiger partial charge in [-0.1, -0.05) is 121 Å². The van der Waals surface area contributed by atoms with Crippen LogP contribution in [0.15, 0.2) is 163 Å². The van der Waals surface area contributed by atoms with Gasteiger partial charge >= 0.3 is 0 Å². The van der Waals surface area contributed by atoms with Crippen LogP contribution in [0.4, 0.5) is 17.1 Å². The van der Waals surface area contributed by atoms with Gasteiger partial charge in [0.1, 0.15) is 0 Å². The van der Waals surface area contributed by atoms with E-state index in [1.807, 2.05) is 0 Å². The average Bonchev–Trinajstić information content (AvgIpc) is 3.18. The molecule has 0 N–H and O–H groups in total. The number of rotatable bonds is 6. The summed E-state index contributed by atoms with van der Waals surface area (Å²) < 4.78 is 0. The number of hydrogen-bond donors (Lipinski definition) is 0. The molecule has 0 radical (unpaired) electrons. The Kier molecular flexibility index (Phi) is 8.43. The highest BCUT2D eigenvalue weighted by molar-refractivity contribution is 6.10. The first-order chi connectivity index (χ1) is 25.9. The van der Waals surface area contributed by atoms with Crippen molar-refractivity contribution in [1.29, 1.82) is 0 Å². The molecule has 0 aliphatic heterocycles. The van der Waals surface area contributed by atoms with Crippen LogP contribution in [0.3, 0.4) is 0 Å². The maximum Gasteiger partial charge on any atom is 0.0466 e. The zero-order valence-corrected chi connectivity index (χ0v) is 31.2. The van der Waals surface area contributed by atoms with Crippen LogP contribution in [-0.2, 0) is 0 Å². The van der Waals surface area contributed by atoms with Gasteiger partial charge in [0.25, 0.3) is 0 Å². The molecule has 1 nitrogen and oxygen atoms in total. The van der Waals surface area contributed by atoms with Crippen molar-refractivity contribution in [2.75, 3.05) is 4.90 Å². The van der Waals surface area contributed by atoms with Gasteiger partial charge in [0.05, 0.1) is 0 Å². The van der Waals surface area contributed by atoms with Crippen molar-refractivity contribution in [2.24, 2.45) is 0 Å². The average molecular weight is 684 g/mol. The van der Waals surface area contributed by atoms with Crippen molar-refractivity contribution >= 4 is 49.8 Å². The predicted molar refractivity (Wildman–Crippen MR) is 227 cm³/mol. The van der Waals surface area contributed by atoms with Crippen LogP contribution in [0.2, 0.25) is 0 Å². The van der Waals surface area contributed by atoms with E-state index in [4.69, 9.17) is 0 Å². The van der Waals surface area contributed by atoms with Gasteiger partial charge in [0, 0.05) is 23.0 Å². The molecule has 0 spiro atoms. The van der Waals surface area contributed by atoms with Crippen LogP contribution in [0.1, 0.15) is 58.6 Å². The smallest absolute Gasteiger partial charge is 0.0466 e. The summed E-state index contributed by atoms with van der Waals surface area (Å²) in [5.41, 5.74) is 15.6. The van der Waals surface area contributed by atoms with Crippen LogP contribution in [0.5, 0.6) is 0 Å². The SMILES string of the molecule is Cc1cc(C)cc(N(c2ccc(C3=c4c(c5ccccc5c5ccccc45)=C(C4=CC=CCC4)CC3c3ccccc3)cc2)c2cc(C)cc(C)c2)c1. The van der Waals surface area contributed by atoms with Crippen LogP contribution in [-0.4, -0.2) is 0 Å². The number of benzene rings is 7. The van der Waals surface area contributed by atoms with Crippen molar-refractivity contribution in [2.45, 2.75) is 52.9 Å². The number of fused-ring (bicyclic) bond motifs is 6. The van der Waals surface area contributed by atoms with Gasteiger partial charge in [0.2, 0.25) is 0 Å². The molecule has 1 heteroatoms. The fourth-order valence-corrected chi connectivity index (χ4v) is 9.17. The lowest BCUT2D eigenvalue weighted by Crippen LogP contribution is -2.37. The summed E-state index contributed by atoms with van der Waals surface area (Å²) in [6.07, 6.45) is 10.1. The van der Waals surface area contributed by atoms with Crippen LogP contribution in [0, 0.1) is 27.7 Å². The quantitative estimate of drug-likeness (QED) is 0.158. The summed E-state index contributed by atoms with van der Waals surface area (Å²) in [6, 6.07) is 52.6. The van der Waals surface area contributed by atoms with Crippen molar-refractivity contribution in [3.63, 3.8) is 0 Å². The van der Waals surface area contributed by atoms with Crippen LogP contribution in [0.25, 0.3) is 32.7 Å². The standard InChI is InChI=1S/C52H45N/c1-34-27-35(2)30-42(29-34)53(43-31-36(3)28-37(4)32-43)41-25-23-40(24-26-41)50-48(38-15-7-5-8-16-38)33-49(39-17-9-6-10-18-39)51-46-21-13-11-19-44(46)45-20-12-14-22-47(45)52(50)51/h5-9,11-17,19-32,48H,10,18,33H2,1-4H3. The van der Waals surface area contributed by atoms with Gasteiger partial charge in [-0.15, -0.1) is 0 Å². The number of anilines is 3. The summed E-state index contributed by atoms with van der Waals surface area (Å²) in [7, 11) is 0. The van der Waals surface area contributed by atoms with Gasteiger partial charge in [-0.05, 0) is 165 Å². The van der Waals surface area contributed by atoms with E-state index in [9.17, 15) is 0 Å². The molecule has 2 aliphatic carbocycles. The summed E-state index contributed by atoms with van der Waals surface area (Å²) in [6.45, 7) is 8.77. The largest absolute Gasteiger partial charge is 0.310 e. The molecular formula is C52H45N. The Morgan fingerprint density at radius 1 is 0.509 bits per heavy atom. The Morgan fingerprint density at radius 3 is 1.58 bits per heavy atom. The minimum absolute atomic E-state index is 0.205. The highest BCUT2D eigenvalue weighted by Crippen LogP contribution is 2.43. The van der Waals surface area contributed by atoms with Crippen molar-refractivity contribution in [1.82, 2.24) is 0 Å². The molecule has 1 atom stereocenters. The summed E-state index contributed by atoms with van der Waals surface area (Å²) in [5, 5.41) is 8.13. The third-order valence-electron chi connectivity index (χ3n) is 11.2. The molecule has 7 aromatic carbocycles. The second-order valence-corrected chi connectivity index (χ2v) is 15.1. The first-order valence-corrected chi connectivity index (χ1v) is 19.1. The third kappa shape index (κ3) is 6.01. The lowest BCUT2D eigenvalue weighted by Gasteiger charge is -2.31. The molecule has 258 valence electrons. The Hall–Kier alpha value is -5.92. The van der Waals surface area contributed by atoms with E-state index < -0.39 is 0 Å². The van der Waals surface area contributed by atoms with E-state index in [2.05, 4.69) is 190 Å². The molecule has 53 heavy (non-hydrogen) atoms. The minimum atomic E-state index is 0.205. The first-order valence-electron chi connectivity index (χ1n) is 19.1. The first kappa shape index (κ1) is 33.0. The fourth-order valence-electron chi connectivity index (χ4n) is 9.17. The fraction of sp³-hybridized carbons (Fsp3) is 0.154. The Bertz CT molecular complexity index is 2630. The maximum atomic E-state index is 2.43. The molecule has 0 fully saturated rings. The Labute approximate surface area is 313 Å². The summed E-state index contributed by atoms with van der Waals surface area (Å²) >= 11 is 0. The third-order valence-corrected chi connectivity index (χ3v) is 11.2. The van der Waals surface area contributed by atoms with Crippen molar-refractivity contribution in [3.8, 4) is 0 Å². The maximum absolute atomic E-state index is 2.43. The molecule has 0 amide bonds. The molecule has 1 unspecified atom stereocenters. The Morgan fingerprint density at radius 2 is 1.04 bits per heavy atom. The van der Waals surface area contributed by atoms with E-state index in [0.29, 0.717) is 0 Å². The molecule has 9 rings (SSSR count). The molecule has 0 aromatic heterocycles. The van der Waals surface area contributed by atoms with Gasteiger partial charge in [-0.3, -0.25) is 0 Å². The topological polar surface area (TPSA) is 3.24 Å². The monoisotopic (exact) mass is 683 g/mol. The normalized spacial score (nSPS) is 15.5. The summed E-state index contributed by atoms with van der Waals surface area (Å²) in [5.74, 6) is 0.205. The second-order valence-electron chi connectivity index (χ2n) is 15.1. The highest BCUT2D eigenvalue weighted by atomic mass is 15.1. The van der Waals surface area contributed by atoms with Crippen molar-refractivity contribution < 1.29 is 0 Å². The van der Waals surface area contributed by atoms with Crippen LogP contribution >= 0.6 is 0 Å². The van der Waals surface area contributed by atoms with E-state index >= 15 is 0 Å². The molecular weight excluding hydrogens is 639 g/mol. The van der Waals surface area contributed by atoms with Gasteiger partial charge in [0.15, 0.2) is 0 Å². The molecule has 7 aromatic rings. The zero-order chi connectivity index (χ0) is 36.1. The van der Waals surface area contributed by atoms with Gasteiger partial charge in [-0.25, -0.2) is 0 Å². The zero-order valence-electron chi connectivity index (χ0n) is 31.2. The second kappa shape index (κ2) is 13.6. The van der Waals surface area contributed by atoms with E-state index in [1.165, 1.54) is 93.5 Å². The predicted octanol–water partition coefficient (Wildman–Crippen LogP) is 12.5. The van der Waals surface area contributed by atoms with Gasteiger partial charge < -0.3 is 4.90 Å². The molecule has 0 saturated heterocycles. The van der Waals surface area contributed by atoms with Crippen molar-refractivity contribution in [3.05, 3.63) is 207 Å². The van der Waals surface area contributed by atoms with E-state index in [0.717, 1.165) is 24.9 Å². The Balaban J connectivity index is 1.36. The minimum Gasteiger partial charge on any atom is -0.310 e. The van der Waals surface area contributed by atoms with E-state index in [-0.39, 0.29) is 5.92 Å². The summed E-state index contributed by atoms with van der Waals surface area (Å²) in [4.78, 5) is 2.43. The van der Waals surface area contributed by atoms with Gasteiger partial charge in [-0.2, -0.15) is 0 Å². The molecule has 0 heterocycles. The van der Waals surface area contributed by atoms with Crippen LogP contribution < -0.4 is 15.3 Å². The highest BCUT2D eigenvalue weighted by Gasteiger charge is 2.29. The molecule has 2 aliphatic rings. The van der Waals surface area contributed by atoms with E-state index in [1.54, 1.807) is 0 Å². The lowest BCUT2D eigenvalue weighted by molar-refractivity contribution is 0.858. The number of allylic oxidation sites excluding steroid dienone is 4. The number of hydrogen-bond acceptors (Lipinski definition) is 1. The lowest BCUT2D eigenvalue weighted by atomic mass is 9.73. The molecule has 0 bridgehead atoms. The number of aryl methyl sites for hydroxylation is 4. The molecule has 0 saturated carbocycles. The number of nitrogens with zero attached hydrogens (tertiary/aromatic N) is 1.